The van der Waals surface area contributed by atoms with Crippen LogP contribution in [0, 0.1) is 5.92 Å². The predicted molar refractivity (Wildman–Crippen MR) is 122 cm³/mol. The van der Waals surface area contributed by atoms with E-state index in [4.69, 9.17) is 4.98 Å². The summed E-state index contributed by atoms with van der Waals surface area (Å²) in [6, 6.07) is 11.2. The molecule has 0 aliphatic heterocycles. The van der Waals surface area contributed by atoms with Crippen LogP contribution in [0.2, 0.25) is 0 Å². The van der Waals surface area contributed by atoms with E-state index >= 15 is 0 Å². The molecule has 28 heavy (non-hydrogen) atoms. The summed E-state index contributed by atoms with van der Waals surface area (Å²) in [5.41, 5.74) is 8.91. The molecule has 1 saturated carbocycles. The van der Waals surface area contributed by atoms with Crippen molar-refractivity contribution in [3.63, 3.8) is 0 Å². The Bertz CT molecular complexity index is 824. The van der Waals surface area contributed by atoms with Gasteiger partial charge in [-0.05, 0) is 67.3 Å². The molecule has 1 aromatic heterocycles. The summed E-state index contributed by atoms with van der Waals surface area (Å²) in [6.07, 6.45) is 13.0. The molecular formula is C27H35N. The van der Waals surface area contributed by atoms with Crippen molar-refractivity contribution < 1.29 is 0 Å². The van der Waals surface area contributed by atoms with E-state index in [0.717, 1.165) is 36.4 Å². The SMILES string of the molecule is C=C(CCC)CCc1cccnc1-c1ccc(CC2CCCC2)c(C(=C)C)c1. The van der Waals surface area contributed by atoms with E-state index in [0.29, 0.717) is 0 Å². The van der Waals surface area contributed by atoms with Crippen molar-refractivity contribution in [3.8, 4) is 11.3 Å². The molecule has 0 unspecified atom stereocenters. The Morgan fingerprint density at radius 2 is 1.86 bits per heavy atom. The Labute approximate surface area is 171 Å². The summed E-state index contributed by atoms with van der Waals surface area (Å²) < 4.78 is 0. The van der Waals surface area contributed by atoms with Gasteiger partial charge in [-0.3, -0.25) is 4.98 Å². The van der Waals surface area contributed by atoms with Gasteiger partial charge in [0.25, 0.3) is 0 Å². The van der Waals surface area contributed by atoms with Crippen LogP contribution in [0.1, 0.15) is 75.5 Å². The van der Waals surface area contributed by atoms with Gasteiger partial charge in [0.2, 0.25) is 0 Å². The van der Waals surface area contributed by atoms with E-state index in [9.17, 15) is 0 Å². The zero-order valence-corrected chi connectivity index (χ0v) is 17.8. The number of aryl methyl sites for hydroxylation is 1. The monoisotopic (exact) mass is 373 g/mol. The number of aromatic nitrogens is 1. The van der Waals surface area contributed by atoms with Crippen LogP contribution < -0.4 is 0 Å². The molecule has 0 radical (unpaired) electrons. The number of rotatable bonds is 9. The fourth-order valence-electron chi connectivity index (χ4n) is 4.51. The Morgan fingerprint density at radius 3 is 2.57 bits per heavy atom. The maximum Gasteiger partial charge on any atom is 0.0734 e. The number of hydrogen-bond acceptors (Lipinski definition) is 1. The first-order valence-electron chi connectivity index (χ1n) is 11.0. The van der Waals surface area contributed by atoms with E-state index in [1.807, 2.05) is 6.20 Å². The van der Waals surface area contributed by atoms with Crippen LogP contribution in [0.15, 0.2) is 55.3 Å². The number of allylic oxidation sites excluding steroid dienone is 2. The molecule has 3 rings (SSSR count). The minimum atomic E-state index is 0.846. The molecule has 1 aromatic carbocycles. The first kappa shape index (κ1) is 20.6. The highest BCUT2D eigenvalue weighted by Crippen LogP contribution is 2.33. The van der Waals surface area contributed by atoms with Crippen molar-refractivity contribution in [3.05, 3.63) is 72.0 Å². The lowest BCUT2D eigenvalue weighted by Crippen LogP contribution is -2.02. The summed E-state index contributed by atoms with van der Waals surface area (Å²) in [4.78, 5) is 4.75. The van der Waals surface area contributed by atoms with Crippen molar-refractivity contribution in [2.75, 3.05) is 0 Å². The lowest BCUT2D eigenvalue weighted by Gasteiger charge is -2.16. The lowest BCUT2D eigenvalue weighted by atomic mass is 9.89. The van der Waals surface area contributed by atoms with Crippen LogP contribution in [-0.4, -0.2) is 4.98 Å². The van der Waals surface area contributed by atoms with Gasteiger partial charge in [0.1, 0.15) is 0 Å². The molecule has 1 aliphatic rings. The minimum Gasteiger partial charge on any atom is -0.256 e. The van der Waals surface area contributed by atoms with Gasteiger partial charge in [0, 0.05) is 11.8 Å². The second-order valence-electron chi connectivity index (χ2n) is 8.52. The highest BCUT2D eigenvalue weighted by Gasteiger charge is 2.18. The molecule has 0 bridgehead atoms. The quantitative estimate of drug-likeness (QED) is 0.408. The molecule has 0 atom stereocenters. The van der Waals surface area contributed by atoms with Crippen LogP contribution in [0.5, 0.6) is 0 Å². The van der Waals surface area contributed by atoms with Crippen LogP contribution in [0.25, 0.3) is 16.8 Å². The molecular weight excluding hydrogens is 338 g/mol. The Morgan fingerprint density at radius 1 is 1.07 bits per heavy atom. The molecule has 1 heterocycles. The maximum atomic E-state index is 4.75. The zero-order valence-electron chi connectivity index (χ0n) is 17.8. The van der Waals surface area contributed by atoms with Crippen LogP contribution >= 0.6 is 0 Å². The Kier molecular flexibility index (Phi) is 7.25. The highest BCUT2D eigenvalue weighted by atomic mass is 14.7. The molecule has 0 saturated heterocycles. The summed E-state index contributed by atoms with van der Waals surface area (Å²) in [6.45, 7) is 12.8. The molecule has 0 N–H and O–H groups in total. The molecule has 0 spiro atoms. The van der Waals surface area contributed by atoms with Gasteiger partial charge in [0.15, 0.2) is 0 Å². The van der Waals surface area contributed by atoms with Gasteiger partial charge in [-0.2, -0.15) is 0 Å². The maximum absolute atomic E-state index is 4.75. The molecule has 1 nitrogen and oxygen atoms in total. The number of hydrogen-bond donors (Lipinski definition) is 0. The van der Waals surface area contributed by atoms with E-state index in [1.165, 1.54) is 66.4 Å². The normalized spacial score (nSPS) is 14.4. The van der Waals surface area contributed by atoms with Crippen molar-refractivity contribution >= 4 is 5.57 Å². The fraction of sp³-hybridized carbons (Fsp3) is 0.444. The van der Waals surface area contributed by atoms with E-state index in [-0.39, 0.29) is 0 Å². The molecule has 1 heteroatoms. The van der Waals surface area contributed by atoms with Gasteiger partial charge < -0.3 is 0 Å². The third-order valence-corrected chi connectivity index (χ3v) is 6.07. The summed E-state index contributed by atoms with van der Waals surface area (Å²) in [7, 11) is 0. The largest absolute Gasteiger partial charge is 0.256 e. The Balaban J connectivity index is 1.86. The van der Waals surface area contributed by atoms with E-state index in [2.05, 4.69) is 57.3 Å². The van der Waals surface area contributed by atoms with Gasteiger partial charge in [-0.15, -0.1) is 0 Å². The fourth-order valence-corrected chi connectivity index (χ4v) is 4.51. The van der Waals surface area contributed by atoms with Crippen molar-refractivity contribution in [1.29, 1.82) is 0 Å². The predicted octanol–water partition coefficient (Wildman–Crippen LogP) is 7.80. The minimum absolute atomic E-state index is 0.846. The van der Waals surface area contributed by atoms with Crippen molar-refractivity contribution in [2.45, 2.75) is 71.6 Å². The van der Waals surface area contributed by atoms with Gasteiger partial charge in [0.05, 0.1) is 5.69 Å². The smallest absolute Gasteiger partial charge is 0.0734 e. The number of pyridine rings is 1. The average molecular weight is 374 g/mol. The lowest BCUT2D eigenvalue weighted by molar-refractivity contribution is 0.546. The molecule has 1 fully saturated rings. The van der Waals surface area contributed by atoms with Crippen molar-refractivity contribution in [2.24, 2.45) is 5.92 Å². The molecule has 1 aliphatic carbocycles. The van der Waals surface area contributed by atoms with Gasteiger partial charge in [-0.1, -0.05) is 81.5 Å². The van der Waals surface area contributed by atoms with E-state index < -0.39 is 0 Å². The van der Waals surface area contributed by atoms with Crippen molar-refractivity contribution in [1.82, 2.24) is 4.98 Å². The highest BCUT2D eigenvalue weighted by molar-refractivity contribution is 5.73. The molecule has 0 amide bonds. The molecule has 148 valence electrons. The first-order valence-corrected chi connectivity index (χ1v) is 11.0. The summed E-state index contributed by atoms with van der Waals surface area (Å²) >= 11 is 0. The second kappa shape index (κ2) is 9.87. The summed E-state index contributed by atoms with van der Waals surface area (Å²) in [5.74, 6) is 0.846. The third kappa shape index (κ3) is 5.22. The standard InChI is InChI=1S/C27H35N/c1-5-9-21(4)13-14-23-12-8-17-28-27(23)25-16-15-24(26(19-25)20(2)3)18-22-10-6-7-11-22/h8,12,15-17,19,22H,2,4-7,9-11,13-14,18H2,1,3H3. The van der Waals surface area contributed by atoms with E-state index in [1.54, 1.807) is 0 Å². The van der Waals surface area contributed by atoms with Crippen LogP contribution in [0.4, 0.5) is 0 Å². The topological polar surface area (TPSA) is 12.9 Å². The van der Waals surface area contributed by atoms with Gasteiger partial charge in [-0.25, -0.2) is 0 Å². The summed E-state index contributed by atoms with van der Waals surface area (Å²) in [5, 5.41) is 0. The number of nitrogens with zero attached hydrogens (tertiary/aromatic N) is 1. The molecule has 2 aromatic rings. The Hall–Kier alpha value is -2.15. The third-order valence-electron chi connectivity index (χ3n) is 6.07. The first-order chi connectivity index (χ1) is 13.6. The average Bonchev–Trinajstić information content (AvgIpc) is 3.20. The van der Waals surface area contributed by atoms with Crippen LogP contribution in [-0.2, 0) is 12.8 Å². The number of benzene rings is 1. The zero-order chi connectivity index (χ0) is 19.9. The van der Waals surface area contributed by atoms with Crippen LogP contribution in [0.3, 0.4) is 0 Å². The van der Waals surface area contributed by atoms with Gasteiger partial charge >= 0.3 is 0 Å². The second-order valence-corrected chi connectivity index (χ2v) is 8.52.